The van der Waals surface area contributed by atoms with Gasteiger partial charge in [0.05, 0.1) is 6.04 Å². The first kappa shape index (κ1) is 21.1. The van der Waals surface area contributed by atoms with Crippen LogP contribution < -0.4 is 5.32 Å². The van der Waals surface area contributed by atoms with Gasteiger partial charge >= 0.3 is 0 Å². The highest BCUT2D eigenvalue weighted by molar-refractivity contribution is 5.92. The van der Waals surface area contributed by atoms with Gasteiger partial charge in [-0.3, -0.25) is 4.79 Å². The monoisotopic (exact) mass is 439 g/mol. The molecule has 5 rings (SSSR count). The summed E-state index contributed by atoms with van der Waals surface area (Å²) in [7, 11) is 0. The van der Waals surface area contributed by atoms with Crippen molar-refractivity contribution < 1.29 is 9.18 Å². The molecule has 4 aromatic rings. The van der Waals surface area contributed by atoms with Gasteiger partial charge in [0.15, 0.2) is 0 Å². The minimum Gasteiger partial charge on any atom is -0.344 e. The van der Waals surface area contributed by atoms with Crippen LogP contribution in [0, 0.1) is 5.82 Å². The Kier molecular flexibility index (Phi) is 6.03. The van der Waals surface area contributed by atoms with Gasteiger partial charge in [0.1, 0.15) is 17.3 Å². The number of hydrogen-bond acceptors (Lipinski definition) is 2. The molecule has 166 valence electrons. The van der Waals surface area contributed by atoms with Crippen molar-refractivity contribution >= 4 is 5.91 Å². The Labute approximate surface area is 193 Å². The minimum atomic E-state index is -0.222. The Morgan fingerprint density at radius 1 is 1.00 bits per heavy atom. The molecule has 2 heterocycles. The number of amides is 1. The lowest BCUT2D eigenvalue weighted by molar-refractivity contribution is 0.0931. The quantitative estimate of drug-likeness (QED) is 0.433. The van der Waals surface area contributed by atoms with Crippen LogP contribution in [0.15, 0.2) is 91.1 Å². The molecule has 1 N–H and O–H groups in total. The first-order valence-electron chi connectivity index (χ1n) is 11.4. The number of aromatic nitrogens is 2. The molecule has 0 fully saturated rings. The highest BCUT2D eigenvalue weighted by atomic mass is 19.1. The van der Waals surface area contributed by atoms with Crippen LogP contribution in [0.25, 0.3) is 0 Å². The zero-order chi connectivity index (χ0) is 22.6. The SMILES string of the molecule is O=C(N[C@H](Cc1ccccc1)c1ccccc1)c1cn2c(n1)CC[C@H](c1ccc(F)cc1)C2. The van der Waals surface area contributed by atoms with Crippen LogP contribution >= 0.6 is 0 Å². The first-order chi connectivity index (χ1) is 16.2. The Balaban J connectivity index is 1.33. The third-order valence-electron chi connectivity index (χ3n) is 6.36. The Bertz CT molecular complexity index is 1220. The molecule has 0 radical (unpaired) electrons. The van der Waals surface area contributed by atoms with Gasteiger partial charge in [-0.25, -0.2) is 9.37 Å². The fourth-order valence-corrected chi connectivity index (χ4v) is 4.58. The summed E-state index contributed by atoms with van der Waals surface area (Å²) in [6, 6.07) is 26.8. The van der Waals surface area contributed by atoms with E-state index in [0.29, 0.717) is 18.0 Å². The van der Waals surface area contributed by atoms with Crippen LogP contribution in [0.1, 0.15) is 51.4 Å². The second kappa shape index (κ2) is 9.41. The van der Waals surface area contributed by atoms with E-state index >= 15 is 0 Å². The number of fused-ring (bicyclic) bond motifs is 1. The summed E-state index contributed by atoms with van der Waals surface area (Å²) in [5.74, 6) is 0.830. The van der Waals surface area contributed by atoms with E-state index in [1.807, 2.05) is 66.9 Å². The van der Waals surface area contributed by atoms with E-state index in [9.17, 15) is 9.18 Å². The summed E-state index contributed by atoms with van der Waals surface area (Å²) in [6.07, 6.45) is 4.29. The largest absolute Gasteiger partial charge is 0.344 e. The van der Waals surface area contributed by atoms with Crippen LogP contribution in [0.3, 0.4) is 0 Å². The second-order valence-electron chi connectivity index (χ2n) is 8.61. The summed E-state index contributed by atoms with van der Waals surface area (Å²) in [5, 5.41) is 3.20. The summed E-state index contributed by atoms with van der Waals surface area (Å²) in [6.45, 7) is 0.743. The third kappa shape index (κ3) is 4.87. The van der Waals surface area contributed by atoms with Crippen molar-refractivity contribution in [3.63, 3.8) is 0 Å². The van der Waals surface area contributed by atoms with E-state index in [4.69, 9.17) is 0 Å². The molecule has 1 aliphatic rings. The fraction of sp³-hybridized carbons (Fsp3) is 0.214. The summed E-state index contributed by atoms with van der Waals surface area (Å²) < 4.78 is 15.4. The Hall–Kier alpha value is -3.73. The Morgan fingerprint density at radius 2 is 1.70 bits per heavy atom. The standard InChI is InChI=1S/C28H26FN3O/c29-24-14-11-21(12-15-24)23-13-16-27-30-26(19-32(27)18-23)28(33)31-25(22-9-5-2-6-10-22)17-20-7-3-1-4-8-20/h1-12,14-15,19,23,25H,13,16-18H2,(H,31,33)/t23-,25+/m0/s1. The van der Waals surface area contributed by atoms with Gasteiger partial charge in [-0.1, -0.05) is 72.8 Å². The third-order valence-corrected chi connectivity index (χ3v) is 6.36. The summed E-state index contributed by atoms with van der Waals surface area (Å²) in [4.78, 5) is 17.8. The maximum Gasteiger partial charge on any atom is 0.271 e. The van der Waals surface area contributed by atoms with E-state index in [2.05, 4.69) is 27.0 Å². The topological polar surface area (TPSA) is 46.9 Å². The van der Waals surface area contributed by atoms with Crippen molar-refractivity contribution in [2.75, 3.05) is 0 Å². The molecule has 4 nitrogen and oxygen atoms in total. The van der Waals surface area contributed by atoms with Gasteiger partial charge in [0, 0.05) is 25.1 Å². The number of nitrogens with zero attached hydrogens (tertiary/aromatic N) is 2. The summed E-state index contributed by atoms with van der Waals surface area (Å²) in [5.41, 5.74) is 3.79. The molecule has 0 saturated carbocycles. The van der Waals surface area contributed by atoms with Crippen LogP contribution in [0.4, 0.5) is 4.39 Å². The highest BCUT2D eigenvalue weighted by Crippen LogP contribution is 2.29. The average Bonchev–Trinajstić information content (AvgIpc) is 3.29. The predicted octanol–water partition coefficient (Wildman–Crippen LogP) is 5.47. The van der Waals surface area contributed by atoms with E-state index in [1.54, 1.807) is 0 Å². The number of imidazole rings is 1. The predicted molar refractivity (Wildman–Crippen MR) is 126 cm³/mol. The number of carbonyl (C=O) groups excluding carboxylic acids is 1. The molecule has 0 spiro atoms. The molecule has 33 heavy (non-hydrogen) atoms. The molecule has 1 amide bonds. The number of carbonyl (C=O) groups is 1. The van der Waals surface area contributed by atoms with Crippen molar-refractivity contribution in [1.29, 1.82) is 0 Å². The van der Waals surface area contributed by atoms with Crippen LogP contribution in [-0.4, -0.2) is 15.5 Å². The van der Waals surface area contributed by atoms with Gasteiger partial charge in [-0.2, -0.15) is 0 Å². The van der Waals surface area contributed by atoms with Crippen molar-refractivity contribution in [1.82, 2.24) is 14.9 Å². The van der Waals surface area contributed by atoms with Crippen molar-refractivity contribution in [3.8, 4) is 0 Å². The number of rotatable bonds is 6. The van der Waals surface area contributed by atoms with Gasteiger partial charge < -0.3 is 9.88 Å². The van der Waals surface area contributed by atoms with E-state index in [0.717, 1.165) is 41.9 Å². The molecule has 0 unspecified atom stereocenters. The molecule has 3 aromatic carbocycles. The minimum absolute atomic E-state index is 0.146. The lowest BCUT2D eigenvalue weighted by Gasteiger charge is -2.24. The van der Waals surface area contributed by atoms with Crippen molar-refractivity contribution in [2.45, 2.75) is 37.8 Å². The van der Waals surface area contributed by atoms with Gasteiger partial charge in [0.25, 0.3) is 5.91 Å². The lowest BCUT2D eigenvalue weighted by atomic mass is 9.92. The lowest BCUT2D eigenvalue weighted by Crippen LogP contribution is -2.30. The summed E-state index contributed by atoms with van der Waals surface area (Å²) >= 11 is 0. The normalized spacial score (nSPS) is 16.1. The van der Waals surface area contributed by atoms with E-state index in [-0.39, 0.29) is 17.8 Å². The second-order valence-corrected chi connectivity index (χ2v) is 8.61. The molecule has 2 atom stereocenters. The smallest absolute Gasteiger partial charge is 0.271 e. The Morgan fingerprint density at radius 3 is 2.42 bits per heavy atom. The molecule has 5 heteroatoms. The zero-order valence-electron chi connectivity index (χ0n) is 18.3. The number of aryl methyl sites for hydroxylation is 1. The molecule has 0 saturated heterocycles. The maximum atomic E-state index is 13.3. The number of hydrogen-bond donors (Lipinski definition) is 1. The number of nitrogens with one attached hydrogen (secondary N) is 1. The fourth-order valence-electron chi connectivity index (χ4n) is 4.58. The number of benzene rings is 3. The van der Waals surface area contributed by atoms with Gasteiger partial charge in [-0.15, -0.1) is 0 Å². The van der Waals surface area contributed by atoms with Crippen molar-refractivity contribution in [3.05, 3.63) is 125 Å². The number of halogens is 1. The highest BCUT2D eigenvalue weighted by Gasteiger charge is 2.25. The zero-order valence-corrected chi connectivity index (χ0v) is 18.3. The van der Waals surface area contributed by atoms with Crippen LogP contribution in [0.5, 0.6) is 0 Å². The first-order valence-corrected chi connectivity index (χ1v) is 11.4. The molecule has 1 aliphatic heterocycles. The van der Waals surface area contributed by atoms with Crippen LogP contribution in [0.2, 0.25) is 0 Å². The van der Waals surface area contributed by atoms with Gasteiger partial charge in [0.2, 0.25) is 0 Å². The van der Waals surface area contributed by atoms with Gasteiger partial charge in [-0.05, 0) is 41.7 Å². The van der Waals surface area contributed by atoms with Crippen molar-refractivity contribution in [2.24, 2.45) is 0 Å². The average molecular weight is 440 g/mol. The maximum absolute atomic E-state index is 13.3. The molecule has 1 aromatic heterocycles. The van der Waals surface area contributed by atoms with E-state index in [1.165, 1.54) is 12.1 Å². The van der Waals surface area contributed by atoms with E-state index < -0.39 is 0 Å². The molecule has 0 bridgehead atoms. The molecule has 0 aliphatic carbocycles. The van der Waals surface area contributed by atoms with Crippen LogP contribution in [-0.2, 0) is 19.4 Å². The molecular weight excluding hydrogens is 413 g/mol. The molecular formula is C28H26FN3O.